The van der Waals surface area contributed by atoms with Crippen LogP contribution in [0.25, 0.3) is 22.3 Å². The van der Waals surface area contributed by atoms with Crippen molar-refractivity contribution >= 4 is 17.4 Å². The van der Waals surface area contributed by atoms with Crippen molar-refractivity contribution in [2.45, 2.75) is 6.54 Å². The van der Waals surface area contributed by atoms with Crippen LogP contribution in [0.15, 0.2) is 119 Å². The predicted molar refractivity (Wildman–Crippen MR) is 148 cm³/mol. The summed E-state index contributed by atoms with van der Waals surface area (Å²) in [6.07, 6.45) is 0. The Balaban J connectivity index is 1.35. The fraction of sp³-hybridized carbons (Fsp3) is 0.0333. The molecule has 0 spiro atoms. The van der Waals surface area contributed by atoms with E-state index in [1.807, 2.05) is 97.1 Å². The van der Waals surface area contributed by atoms with E-state index in [9.17, 15) is 19.6 Å². The Labute approximate surface area is 217 Å². The second-order valence-electron chi connectivity index (χ2n) is 8.61. The highest BCUT2D eigenvalue weighted by atomic mass is 16.5. The van der Waals surface area contributed by atoms with Crippen LogP contribution in [0.3, 0.4) is 0 Å². The van der Waals surface area contributed by atoms with Crippen molar-refractivity contribution in [1.29, 1.82) is 0 Å². The molecule has 0 unspecified atom stereocenters. The third-order valence-electron chi connectivity index (χ3n) is 6.09. The zero-order valence-electron chi connectivity index (χ0n) is 20.2. The number of amides is 1. The van der Waals surface area contributed by atoms with Crippen LogP contribution in [0.4, 0.5) is 11.5 Å². The van der Waals surface area contributed by atoms with E-state index in [-0.39, 0.29) is 17.1 Å². The number of nitrogens with one attached hydrogen (secondary N) is 3. The molecule has 1 aromatic heterocycles. The maximum atomic E-state index is 13.1. The van der Waals surface area contributed by atoms with Gasteiger partial charge in [0, 0.05) is 12.2 Å². The van der Waals surface area contributed by atoms with E-state index in [4.69, 9.17) is 0 Å². The van der Waals surface area contributed by atoms with Gasteiger partial charge in [-0.1, -0.05) is 102 Å². The standard InChI is InChI=1S/C30H24N4O4/c35-28(32-25-17-15-24(16-18-25)22-9-5-2-6-10-22)26-27(33-30(37)34(38)29(26)36)31-19-20-11-13-23(14-12-20)21-7-3-1-4-8-21/h1-18,31,38H,19H2,(H,32,35)(H,33,37). The van der Waals surface area contributed by atoms with Crippen molar-refractivity contribution in [3.63, 3.8) is 0 Å². The first kappa shape index (κ1) is 24.3. The number of H-pyrrole nitrogens is 1. The monoisotopic (exact) mass is 504 g/mol. The van der Waals surface area contributed by atoms with Gasteiger partial charge in [0.2, 0.25) is 0 Å². The lowest BCUT2D eigenvalue weighted by atomic mass is 10.0. The number of hydrogen-bond donors (Lipinski definition) is 4. The second-order valence-corrected chi connectivity index (χ2v) is 8.61. The molecule has 8 heteroatoms. The second kappa shape index (κ2) is 10.7. The molecule has 0 fully saturated rings. The molecular formula is C30H24N4O4. The van der Waals surface area contributed by atoms with E-state index in [0.717, 1.165) is 27.8 Å². The number of aromatic nitrogens is 2. The summed E-state index contributed by atoms with van der Waals surface area (Å²) < 4.78 is -0.118. The smallest absolute Gasteiger partial charge is 0.363 e. The van der Waals surface area contributed by atoms with Gasteiger partial charge in [-0.3, -0.25) is 14.6 Å². The van der Waals surface area contributed by atoms with Gasteiger partial charge in [0.15, 0.2) is 0 Å². The molecule has 0 aliphatic rings. The molecule has 4 aromatic carbocycles. The van der Waals surface area contributed by atoms with Crippen molar-refractivity contribution in [3.05, 3.63) is 141 Å². The summed E-state index contributed by atoms with van der Waals surface area (Å²) in [5.41, 5.74) is 2.83. The minimum absolute atomic E-state index is 0.0872. The number of anilines is 2. The molecule has 0 bridgehead atoms. The van der Waals surface area contributed by atoms with Gasteiger partial charge in [-0.25, -0.2) is 4.79 Å². The Morgan fingerprint density at radius 3 is 1.76 bits per heavy atom. The van der Waals surface area contributed by atoms with E-state index in [0.29, 0.717) is 5.69 Å². The SMILES string of the molecule is O=C(Nc1ccc(-c2ccccc2)cc1)c1c(NCc2ccc(-c3ccccc3)cc2)[nH]c(=O)n(O)c1=O. The van der Waals surface area contributed by atoms with Crippen molar-refractivity contribution in [2.75, 3.05) is 10.6 Å². The Morgan fingerprint density at radius 2 is 1.21 bits per heavy atom. The van der Waals surface area contributed by atoms with Gasteiger partial charge in [0.25, 0.3) is 5.91 Å². The van der Waals surface area contributed by atoms with Crippen molar-refractivity contribution in [1.82, 2.24) is 9.71 Å². The summed E-state index contributed by atoms with van der Waals surface area (Å²) in [5, 5.41) is 15.5. The molecule has 0 aliphatic carbocycles. The maximum Gasteiger partial charge on any atom is 0.363 e. The molecule has 0 atom stereocenters. The summed E-state index contributed by atoms with van der Waals surface area (Å²) >= 11 is 0. The Kier molecular flexibility index (Phi) is 6.86. The number of aromatic amines is 1. The first-order chi connectivity index (χ1) is 18.5. The van der Waals surface area contributed by atoms with Crippen LogP contribution >= 0.6 is 0 Å². The molecule has 38 heavy (non-hydrogen) atoms. The molecule has 188 valence electrons. The molecule has 1 heterocycles. The molecule has 0 radical (unpaired) electrons. The lowest BCUT2D eigenvalue weighted by molar-refractivity contribution is 0.101. The average Bonchev–Trinajstić information content (AvgIpc) is 2.96. The van der Waals surface area contributed by atoms with Gasteiger partial charge in [0.1, 0.15) is 11.4 Å². The minimum Gasteiger partial charge on any atom is -0.421 e. The number of benzene rings is 4. The quantitative estimate of drug-likeness (QED) is 0.234. The Hall–Kier alpha value is -5.37. The fourth-order valence-electron chi connectivity index (χ4n) is 4.08. The van der Waals surface area contributed by atoms with Gasteiger partial charge in [0.05, 0.1) is 0 Å². The van der Waals surface area contributed by atoms with Crippen molar-refractivity contribution in [3.8, 4) is 22.3 Å². The minimum atomic E-state index is -1.13. The highest BCUT2D eigenvalue weighted by molar-refractivity contribution is 6.07. The number of carbonyl (C=O) groups is 1. The van der Waals surface area contributed by atoms with Crippen LogP contribution in [0.5, 0.6) is 0 Å². The molecule has 8 nitrogen and oxygen atoms in total. The molecular weight excluding hydrogens is 480 g/mol. The molecule has 5 rings (SSSR count). The van der Waals surface area contributed by atoms with Gasteiger partial charge in [-0.15, -0.1) is 0 Å². The van der Waals surface area contributed by atoms with Crippen molar-refractivity contribution < 1.29 is 10.0 Å². The van der Waals surface area contributed by atoms with E-state index in [1.165, 1.54) is 0 Å². The summed E-state index contributed by atoms with van der Waals surface area (Å²) in [5.74, 6) is -0.862. The van der Waals surface area contributed by atoms with Crippen LogP contribution in [-0.4, -0.2) is 20.8 Å². The first-order valence-electron chi connectivity index (χ1n) is 11.9. The largest absolute Gasteiger partial charge is 0.421 e. The summed E-state index contributed by atoms with van der Waals surface area (Å²) in [7, 11) is 0. The molecule has 4 N–H and O–H groups in total. The predicted octanol–water partition coefficient (Wildman–Crippen LogP) is 4.97. The van der Waals surface area contributed by atoms with Crippen LogP contribution in [0.1, 0.15) is 15.9 Å². The van der Waals surface area contributed by atoms with Gasteiger partial charge >= 0.3 is 11.2 Å². The van der Waals surface area contributed by atoms with Crippen LogP contribution in [0.2, 0.25) is 0 Å². The maximum absolute atomic E-state index is 13.1. The van der Waals surface area contributed by atoms with E-state index < -0.39 is 22.7 Å². The highest BCUT2D eigenvalue weighted by Crippen LogP contribution is 2.22. The molecule has 0 saturated carbocycles. The number of carbonyl (C=O) groups excluding carboxylic acids is 1. The highest BCUT2D eigenvalue weighted by Gasteiger charge is 2.21. The van der Waals surface area contributed by atoms with Gasteiger partial charge in [-0.05, 0) is 39.9 Å². The molecule has 1 amide bonds. The third-order valence-corrected chi connectivity index (χ3v) is 6.09. The lowest BCUT2D eigenvalue weighted by Gasteiger charge is -2.13. The topological polar surface area (TPSA) is 116 Å². The summed E-state index contributed by atoms with van der Waals surface area (Å²) in [6.45, 7) is 0.228. The van der Waals surface area contributed by atoms with E-state index >= 15 is 0 Å². The summed E-state index contributed by atoms with van der Waals surface area (Å²) in [6, 6.07) is 34.6. The number of hydrogen-bond acceptors (Lipinski definition) is 5. The van der Waals surface area contributed by atoms with E-state index in [1.54, 1.807) is 12.1 Å². The first-order valence-corrected chi connectivity index (χ1v) is 11.9. The van der Waals surface area contributed by atoms with Crippen LogP contribution < -0.4 is 21.9 Å². The Bertz CT molecular complexity index is 1680. The molecule has 0 saturated heterocycles. The van der Waals surface area contributed by atoms with Crippen molar-refractivity contribution in [2.24, 2.45) is 0 Å². The molecule has 0 aliphatic heterocycles. The average molecular weight is 505 g/mol. The van der Waals surface area contributed by atoms with Gasteiger partial charge in [-0.2, -0.15) is 0 Å². The van der Waals surface area contributed by atoms with Gasteiger partial charge < -0.3 is 15.8 Å². The van der Waals surface area contributed by atoms with E-state index in [2.05, 4.69) is 15.6 Å². The zero-order valence-corrected chi connectivity index (χ0v) is 20.2. The fourth-order valence-corrected chi connectivity index (χ4v) is 4.08. The lowest BCUT2D eigenvalue weighted by Crippen LogP contribution is -2.39. The Morgan fingerprint density at radius 1 is 0.711 bits per heavy atom. The number of nitrogens with zero attached hydrogens (tertiary/aromatic N) is 1. The summed E-state index contributed by atoms with van der Waals surface area (Å²) in [4.78, 5) is 40.2. The molecule has 5 aromatic rings. The normalized spacial score (nSPS) is 10.6. The zero-order chi connectivity index (χ0) is 26.5. The third kappa shape index (κ3) is 5.24. The van der Waals surface area contributed by atoms with Crippen LogP contribution in [0, 0.1) is 0 Å². The number of rotatable bonds is 7. The van der Waals surface area contributed by atoms with Crippen LogP contribution in [-0.2, 0) is 6.54 Å².